The molecule has 0 saturated heterocycles. The number of carbonyl (C=O) groups excluding carboxylic acids is 1. The van der Waals surface area contributed by atoms with Gasteiger partial charge in [-0.15, -0.1) is 0 Å². The maximum absolute atomic E-state index is 13.6. The van der Waals surface area contributed by atoms with Crippen molar-refractivity contribution in [2.24, 2.45) is 0 Å². The minimum atomic E-state index is -0.672. The Bertz CT molecular complexity index is 733. The molecule has 2 rings (SSSR count). The number of hydrogen-bond donors (Lipinski definition) is 1. The number of benzene rings is 2. The van der Waals surface area contributed by atoms with Crippen molar-refractivity contribution in [2.45, 2.75) is 13.0 Å². The van der Waals surface area contributed by atoms with Crippen LogP contribution in [0.25, 0.3) is 0 Å². The first-order valence-corrected chi connectivity index (χ1v) is 8.21. The van der Waals surface area contributed by atoms with Crippen LogP contribution in [0.2, 0.25) is 10.0 Å². The highest BCUT2D eigenvalue weighted by molar-refractivity contribution is 6.36. The second kappa shape index (κ2) is 7.97. The summed E-state index contributed by atoms with van der Waals surface area (Å²) < 4.78 is 13.6. The molecule has 0 fully saturated rings. The van der Waals surface area contributed by atoms with Crippen molar-refractivity contribution in [3.63, 3.8) is 0 Å². The number of amides is 1. The monoisotopic (exact) mass is 368 g/mol. The maximum atomic E-state index is 13.6. The Kier molecular flexibility index (Phi) is 6.21. The molecule has 0 aliphatic carbocycles. The number of carbonyl (C=O) groups is 1. The van der Waals surface area contributed by atoms with Gasteiger partial charge in [0.25, 0.3) is 5.91 Å². The second-order valence-corrected chi connectivity index (χ2v) is 6.66. The predicted octanol–water partition coefficient (Wildman–Crippen LogP) is 4.47. The van der Waals surface area contributed by atoms with Crippen molar-refractivity contribution in [1.29, 1.82) is 0 Å². The van der Waals surface area contributed by atoms with Gasteiger partial charge in [0.15, 0.2) is 0 Å². The van der Waals surface area contributed by atoms with Crippen molar-refractivity contribution < 1.29 is 9.18 Å². The Hall–Kier alpha value is -1.62. The fourth-order valence-electron chi connectivity index (χ4n) is 2.37. The molecule has 0 aromatic heterocycles. The Balaban J connectivity index is 2.13. The van der Waals surface area contributed by atoms with Crippen molar-refractivity contribution in [1.82, 2.24) is 10.2 Å². The van der Waals surface area contributed by atoms with E-state index in [0.717, 1.165) is 11.6 Å². The second-order valence-electron chi connectivity index (χ2n) is 5.85. The minimum Gasteiger partial charge on any atom is -0.350 e. The molecular formula is C18H19Cl2FN2O. The lowest BCUT2D eigenvalue weighted by molar-refractivity contribution is 0.0941. The van der Waals surface area contributed by atoms with Crippen LogP contribution in [0.1, 0.15) is 27.5 Å². The van der Waals surface area contributed by atoms with E-state index < -0.39 is 11.7 Å². The topological polar surface area (TPSA) is 32.3 Å². The molecule has 24 heavy (non-hydrogen) atoms. The van der Waals surface area contributed by atoms with Crippen LogP contribution in [0.4, 0.5) is 4.39 Å². The lowest BCUT2D eigenvalue weighted by atomic mass is 10.0. The van der Waals surface area contributed by atoms with Gasteiger partial charge >= 0.3 is 0 Å². The van der Waals surface area contributed by atoms with Gasteiger partial charge in [-0.2, -0.15) is 0 Å². The number of nitrogens with zero attached hydrogens (tertiary/aromatic N) is 1. The SMILES string of the molecule is Cc1ccc(C(CNC(=O)c2cc(F)c(Cl)cc2Cl)N(C)C)cc1. The van der Waals surface area contributed by atoms with Gasteiger partial charge in [-0.05, 0) is 38.7 Å². The molecule has 0 saturated carbocycles. The minimum absolute atomic E-state index is 0.00882. The molecule has 0 bridgehead atoms. The molecule has 2 aromatic rings. The zero-order valence-corrected chi connectivity index (χ0v) is 15.2. The van der Waals surface area contributed by atoms with Crippen molar-refractivity contribution >= 4 is 29.1 Å². The zero-order chi connectivity index (χ0) is 17.9. The molecule has 1 atom stereocenters. The predicted molar refractivity (Wildman–Crippen MR) is 96.4 cm³/mol. The molecule has 0 radical (unpaired) electrons. The standard InChI is InChI=1S/C18H19Cl2FN2O/c1-11-4-6-12(7-5-11)17(23(2)3)10-22-18(24)13-8-16(21)15(20)9-14(13)19/h4-9,17H,10H2,1-3H3,(H,22,24). The number of hydrogen-bond acceptors (Lipinski definition) is 2. The number of nitrogens with one attached hydrogen (secondary N) is 1. The summed E-state index contributed by atoms with van der Waals surface area (Å²) in [4.78, 5) is 14.3. The lowest BCUT2D eigenvalue weighted by Gasteiger charge is -2.25. The summed E-state index contributed by atoms with van der Waals surface area (Å²) in [6.07, 6.45) is 0. The molecule has 128 valence electrons. The quantitative estimate of drug-likeness (QED) is 0.789. The Labute approximate surface area is 151 Å². The van der Waals surface area contributed by atoms with Gasteiger partial charge in [-0.3, -0.25) is 4.79 Å². The fourth-order valence-corrected chi connectivity index (χ4v) is 2.84. The number of halogens is 3. The summed E-state index contributed by atoms with van der Waals surface area (Å²) >= 11 is 11.6. The maximum Gasteiger partial charge on any atom is 0.252 e. The van der Waals surface area contributed by atoms with E-state index in [1.807, 2.05) is 50.2 Å². The van der Waals surface area contributed by atoms with Gasteiger partial charge in [0, 0.05) is 6.54 Å². The molecule has 2 aromatic carbocycles. The smallest absolute Gasteiger partial charge is 0.252 e. The lowest BCUT2D eigenvalue weighted by Crippen LogP contribution is -2.34. The molecule has 1 amide bonds. The van der Waals surface area contributed by atoms with Crippen molar-refractivity contribution in [3.05, 3.63) is 69.0 Å². The van der Waals surface area contributed by atoms with Gasteiger partial charge in [0.1, 0.15) is 5.82 Å². The first kappa shape index (κ1) is 18.7. The van der Waals surface area contributed by atoms with Gasteiger partial charge in [-0.25, -0.2) is 4.39 Å². The van der Waals surface area contributed by atoms with Crippen LogP contribution in [0, 0.1) is 12.7 Å². The molecular weight excluding hydrogens is 350 g/mol. The van der Waals surface area contributed by atoms with Crippen molar-refractivity contribution in [2.75, 3.05) is 20.6 Å². The first-order valence-electron chi connectivity index (χ1n) is 7.45. The van der Waals surface area contributed by atoms with E-state index >= 15 is 0 Å². The molecule has 0 aliphatic rings. The molecule has 1 N–H and O–H groups in total. The molecule has 0 heterocycles. The van der Waals surface area contributed by atoms with Crippen LogP contribution in [-0.4, -0.2) is 31.4 Å². The number of rotatable bonds is 5. The van der Waals surface area contributed by atoms with Crippen LogP contribution in [-0.2, 0) is 0 Å². The molecule has 1 unspecified atom stereocenters. The molecule has 0 aliphatic heterocycles. The highest BCUT2D eigenvalue weighted by atomic mass is 35.5. The van der Waals surface area contributed by atoms with Crippen LogP contribution in [0.5, 0.6) is 0 Å². The summed E-state index contributed by atoms with van der Waals surface area (Å²) in [6, 6.07) is 10.4. The Morgan fingerprint density at radius 1 is 1.17 bits per heavy atom. The average molecular weight is 369 g/mol. The zero-order valence-electron chi connectivity index (χ0n) is 13.7. The third-order valence-electron chi connectivity index (χ3n) is 3.80. The van der Waals surface area contributed by atoms with E-state index in [9.17, 15) is 9.18 Å². The first-order chi connectivity index (χ1) is 11.3. The summed E-state index contributed by atoms with van der Waals surface area (Å²) in [5, 5.41) is 2.82. The van der Waals surface area contributed by atoms with Gasteiger partial charge in [0.05, 0.1) is 21.7 Å². The fraction of sp³-hybridized carbons (Fsp3) is 0.278. The van der Waals surface area contributed by atoms with E-state index in [-0.39, 0.29) is 21.7 Å². The van der Waals surface area contributed by atoms with Gasteiger partial charge in [-0.1, -0.05) is 53.0 Å². The largest absolute Gasteiger partial charge is 0.350 e. The molecule has 0 spiro atoms. The van der Waals surface area contributed by atoms with Crippen molar-refractivity contribution in [3.8, 4) is 0 Å². The van der Waals surface area contributed by atoms with E-state index in [1.165, 1.54) is 11.6 Å². The summed E-state index contributed by atoms with van der Waals surface area (Å²) in [5.74, 6) is -1.11. The third kappa shape index (κ3) is 4.47. The van der Waals surface area contributed by atoms with Crippen LogP contribution in [0.3, 0.4) is 0 Å². The number of aryl methyl sites for hydroxylation is 1. The van der Waals surface area contributed by atoms with E-state index in [2.05, 4.69) is 5.32 Å². The third-order valence-corrected chi connectivity index (χ3v) is 4.40. The van der Waals surface area contributed by atoms with E-state index in [0.29, 0.717) is 6.54 Å². The summed E-state index contributed by atoms with van der Waals surface area (Å²) in [7, 11) is 3.87. The van der Waals surface area contributed by atoms with Gasteiger partial charge in [0.2, 0.25) is 0 Å². The average Bonchev–Trinajstić information content (AvgIpc) is 2.52. The highest BCUT2D eigenvalue weighted by Gasteiger charge is 2.18. The van der Waals surface area contributed by atoms with Crippen LogP contribution >= 0.6 is 23.2 Å². The number of likely N-dealkylation sites (N-methyl/N-ethyl adjacent to an activating group) is 1. The van der Waals surface area contributed by atoms with Gasteiger partial charge < -0.3 is 10.2 Å². The van der Waals surface area contributed by atoms with E-state index in [4.69, 9.17) is 23.2 Å². The highest BCUT2D eigenvalue weighted by Crippen LogP contribution is 2.24. The normalized spacial score (nSPS) is 12.3. The van der Waals surface area contributed by atoms with E-state index in [1.54, 1.807) is 0 Å². The summed E-state index contributed by atoms with van der Waals surface area (Å²) in [6.45, 7) is 2.39. The Morgan fingerprint density at radius 2 is 1.79 bits per heavy atom. The van der Waals surface area contributed by atoms with Crippen LogP contribution < -0.4 is 5.32 Å². The van der Waals surface area contributed by atoms with Crippen LogP contribution in [0.15, 0.2) is 36.4 Å². The Morgan fingerprint density at radius 3 is 2.38 bits per heavy atom. The molecule has 6 heteroatoms. The summed E-state index contributed by atoms with van der Waals surface area (Å²) in [5.41, 5.74) is 2.32. The molecule has 3 nitrogen and oxygen atoms in total.